The van der Waals surface area contributed by atoms with E-state index in [0.717, 1.165) is 31.7 Å². The zero-order valence-electron chi connectivity index (χ0n) is 17.2. The number of ether oxygens (including phenoxy) is 1. The maximum absolute atomic E-state index is 12.5. The number of methoxy groups -OCH3 is 1. The van der Waals surface area contributed by atoms with E-state index >= 15 is 0 Å². The number of benzene rings is 2. The number of hydrogen-bond donors (Lipinski definition) is 1. The molecule has 8 heteroatoms. The molecule has 1 fully saturated rings. The normalized spacial score (nSPS) is 16.0. The second kappa shape index (κ2) is 9.08. The fourth-order valence-corrected chi connectivity index (χ4v) is 3.90. The van der Waals surface area contributed by atoms with Gasteiger partial charge in [-0.25, -0.2) is 9.78 Å². The number of nitriles is 1. The number of piperazine rings is 1. The highest BCUT2D eigenvalue weighted by Gasteiger charge is 2.25. The lowest BCUT2D eigenvalue weighted by atomic mass is 10.1. The van der Waals surface area contributed by atoms with Gasteiger partial charge in [-0.2, -0.15) is 5.26 Å². The summed E-state index contributed by atoms with van der Waals surface area (Å²) >= 11 is 0. The first-order valence-corrected chi connectivity index (χ1v) is 10.1. The topological polar surface area (TPSA) is 102 Å². The molecule has 0 radical (unpaired) electrons. The molecule has 2 heterocycles. The summed E-state index contributed by atoms with van der Waals surface area (Å²) in [5.74, 6) is 0.0833. The van der Waals surface area contributed by atoms with E-state index in [1.54, 1.807) is 18.2 Å². The summed E-state index contributed by atoms with van der Waals surface area (Å²) in [5, 5.41) is 10.1. The third kappa shape index (κ3) is 4.48. The molecule has 2 aromatic carbocycles. The Kier molecular flexibility index (Phi) is 6.07. The van der Waals surface area contributed by atoms with Crippen molar-refractivity contribution < 1.29 is 9.53 Å². The molecule has 1 aromatic heterocycles. The first-order chi connectivity index (χ1) is 15.1. The molecule has 158 valence electrons. The van der Waals surface area contributed by atoms with E-state index in [9.17, 15) is 14.9 Å². The zero-order valence-corrected chi connectivity index (χ0v) is 17.2. The van der Waals surface area contributed by atoms with Gasteiger partial charge in [0.2, 0.25) is 0 Å². The fourth-order valence-electron chi connectivity index (χ4n) is 3.90. The molecule has 1 saturated heterocycles. The van der Waals surface area contributed by atoms with Gasteiger partial charge in [-0.3, -0.25) is 14.6 Å². The van der Waals surface area contributed by atoms with Gasteiger partial charge in [0.15, 0.2) is 0 Å². The van der Waals surface area contributed by atoms with Crippen LogP contribution in [0, 0.1) is 11.3 Å². The molecule has 0 saturated carbocycles. The van der Waals surface area contributed by atoms with Crippen molar-refractivity contribution in [1.29, 1.82) is 5.26 Å². The lowest BCUT2D eigenvalue weighted by Gasteiger charge is -2.36. The van der Waals surface area contributed by atoms with E-state index < -0.39 is 5.97 Å². The fraction of sp³-hybridized carbons (Fsp3) is 0.304. The van der Waals surface area contributed by atoms with Crippen molar-refractivity contribution in [1.82, 2.24) is 19.8 Å². The number of nitrogens with zero attached hydrogens (tertiary/aromatic N) is 4. The van der Waals surface area contributed by atoms with Gasteiger partial charge in [-0.1, -0.05) is 30.3 Å². The van der Waals surface area contributed by atoms with Crippen molar-refractivity contribution in [2.45, 2.75) is 12.6 Å². The van der Waals surface area contributed by atoms with Crippen LogP contribution in [0.1, 0.15) is 27.8 Å². The Morgan fingerprint density at radius 3 is 2.61 bits per heavy atom. The summed E-state index contributed by atoms with van der Waals surface area (Å²) in [7, 11) is 1.32. The predicted octanol–water partition coefficient (Wildman–Crippen LogP) is 2.09. The molecular formula is C23H23N5O3. The molecule has 31 heavy (non-hydrogen) atoms. The second-order valence-corrected chi connectivity index (χ2v) is 7.49. The van der Waals surface area contributed by atoms with Gasteiger partial charge in [0, 0.05) is 26.2 Å². The van der Waals surface area contributed by atoms with Crippen LogP contribution in [0.3, 0.4) is 0 Å². The van der Waals surface area contributed by atoms with E-state index in [0.29, 0.717) is 28.8 Å². The molecule has 0 spiro atoms. The lowest BCUT2D eigenvalue weighted by Crippen LogP contribution is -2.47. The summed E-state index contributed by atoms with van der Waals surface area (Å²) in [6, 6.07) is 16.7. The summed E-state index contributed by atoms with van der Waals surface area (Å²) in [6.45, 7) is 3.50. The standard InChI is InChI=1S/C23H23N5O3/c1-31-23(30)17-7-8-18-19(13-17)25-21(26-22(18)29)15-27-9-11-28(12-10-27)20(14-24)16-5-3-2-4-6-16/h2-8,13,20H,9-12,15H2,1H3,(H,25,26,29). The average Bonchev–Trinajstić information content (AvgIpc) is 2.80. The van der Waals surface area contributed by atoms with Crippen LogP contribution in [0.5, 0.6) is 0 Å². The van der Waals surface area contributed by atoms with Crippen molar-refractivity contribution in [3.63, 3.8) is 0 Å². The maximum atomic E-state index is 12.5. The molecule has 0 aliphatic carbocycles. The molecule has 1 atom stereocenters. The SMILES string of the molecule is COC(=O)c1ccc2c(=O)[nH]c(CN3CCN(C(C#N)c4ccccc4)CC3)nc2c1. The van der Waals surface area contributed by atoms with Crippen molar-refractivity contribution in [3.8, 4) is 6.07 Å². The Morgan fingerprint density at radius 1 is 1.19 bits per heavy atom. The summed E-state index contributed by atoms with van der Waals surface area (Å²) in [6.07, 6.45) is 0. The molecule has 0 bridgehead atoms. The Morgan fingerprint density at radius 2 is 1.94 bits per heavy atom. The third-order valence-electron chi connectivity index (χ3n) is 5.56. The third-order valence-corrected chi connectivity index (χ3v) is 5.56. The first kappa shape index (κ1) is 20.7. The summed E-state index contributed by atoms with van der Waals surface area (Å²) in [4.78, 5) is 36.0. The van der Waals surface area contributed by atoms with Gasteiger partial charge >= 0.3 is 5.97 Å². The van der Waals surface area contributed by atoms with E-state index in [1.807, 2.05) is 30.3 Å². The van der Waals surface area contributed by atoms with E-state index in [1.165, 1.54) is 7.11 Å². The van der Waals surface area contributed by atoms with Gasteiger partial charge in [0.1, 0.15) is 11.9 Å². The van der Waals surface area contributed by atoms with E-state index in [4.69, 9.17) is 4.74 Å². The molecule has 4 rings (SSSR count). The van der Waals surface area contributed by atoms with Crippen LogP contribution in [-0.4, -0.2) is 59.0 Å². The Balaban J connectivity index is 1.46. The molecule has 8 nitrogen and oxygen atoms in total. The van der Waals surface area contributed by atoms with E-state index in [-0.39, 0.29) is 11.6 Å². The number of carbonyl (C=O) groups is 1. The van der Waals surface area contributed by atoms with Crippen molar-refractivity contribution in [3.05, 3.63) is 75.8 Å². The summed E-state index contributed by atoms with van der Waals surface area (Å²) < 4.78 is 4.75. The van der Waals surface area contributed by atoms with Crippen LogP contribution in [0.15, 0.2) is 53.3 Å². The second-order valence-electron chi connectivity index (χ2n) is 7.49. The highest BCUT2D eigenvalue weighted by Crippen LogP contribution is 2.21. The molecule has 1 aliphatic rings. The van der Waals surface area contributed by atoms with Gasteiger partial charge in [-0.15, -0.1) is 0 Å². The molecule has 0 amide bonds. The minimum Gasteiger partial charge on any atom is -0.465 e. The smallest absolute Gasteiger partial charge is 0.337 e. The number of rotatable bonds is 5. The minimum atomic E-state index is -0.466. The zero-order chi connectivity index (χ0) is 21.8. The maximum Gasteiger partial charge on any atom is 0.337 e. The minimum absolute atomic E-state index is 0.233. The van der Waals surface area contributed by atoms with Crippen LogP contribution >= 0.6 is 0 Å². The van der Waals surface area contributed by atoms with Gasteiger partial charge in [0.05, 0.1) is 36.2 Å². The van der Waals surface area contributed by atoms with Crippen LogP contribution < -0.4 is 5.56 Å². The number of esters is 1. The van der Waals surface area contributed by atoms with Gasteiger partial charge in [-0.05, 0) is 23.8 Å². The Labute approximate surface area is 179 Å². The summed E-state index contributed by atoms with van der Waals surface area (Å²) in [5.41, 5.74) is 1.59. The first-order valence-electron chi connectivity index (χ1n) is 10.1. The number of H-pyrrole nitrogens is 1. The number of aromatic nitrogens is 2. The number of hydrogen-bond acceptors (Lipinski definition) is 7. The van der Waals surface area contributed by atoms with Crippen LogP contribution in [0.2, 0.25) is 0 Å². The number of carbonyl (C=O) groups excluding carboxylic acids is 1. The highest BCUT2D eigenvalue weighted by molar-refractivity contribution is 5.93. The molecule has 1 aliphatic heterocycles. The number of aromatic amines is 1. The van der Waals surface area contributed by atoms with Crippen LogP contribution in [-0.2, 0) is 11.3 Å². The number of fused-ring (bicyclic) bond motifs is 1. The van der Waals surface area contributed by atoms with Crippen molar-refractivity contribution in [2.24, 2.45) is 0 Å². The highest BCUT2D eigenvalue weighted by atomic mass is 16.5. The van der Waals surface area contributed by atoms with Crippen molar-refractivity contribution in [2.75, 3.05) is 33.3 Å². The molecule has 1 unspecified atom stereocenters. The van der Waals surface area contributed by atoms with Crippen LogP contribution in [0.25, 0.3) is 10.9 Å². The van der Waals surface area contributed by atoms with Crippen molar-refractivity contribution >= 4 is 16.9 Å². The number of nitrogens with one attached hydrogen (secondary N) is 1. The Bertz CT molecular complexity index is 1180. The van der Waals surface area contributed by atoms with Gasteiger partial charge in [0.25, 0.3) is 5.56 Å². The quantitative estimate of drug-likeness (QED) is 0.634. The monoisotopic (exact) mass is 417 g/mol. The largest absolute Gasteiger partial charge is 0.465 e. The average molecular weight is 417 g/mol. The van der Waals surface area contributed by atoms with Gasteiger partial charge < -0.3 is 9.72 Å². The predicted molar refractivity (Wildman–Crippen MR) is 115 cm³/mol. The Hall–Kier alpha value is -3.54. The molecule has 1 N–H and O–H groups in total. The lowest BCUT2D eigenvalue weighted by molar-refractivity contribution is 0.0601. The molecular weight excluding hydrogens is 394 g/mol. The van der Waals surface area contributed by atoms with E-state index in [2.05, 4.69) is 25.8 Å². The molecule has 3 aromatic rings. The van der Waals surface area contributed by atoms with Crippen LogP contribution in [0.4, 0.5) is 0 Å².